The largest absolute Gasteiger partial charge is 0.381 e. The molecule has 0 aliphatic carbocycles. The second-order valence-electron chi connectivity index (χ2n) is 5.46. The zero-order chi connectivity index (χ0) is 11.9. The molecule has 0 bridgehead atoms. The molecule has 2 fully saturated rings. The average molecular weight is 258 g/mol. The highest BCUT2D eigenvalue weighted by Gasteiger charge is 2.36. The molecule has 1 N–H and O–H groups in total. The Morgan fingerprint density at radius 1 is 1.17 bits per heavy atom. The standard InChI is InChI=1S/C15H18N2S/c1-2-14-13(5-8-17(14)7-1)16-12-3-4-15-11(10-12)6-9-18-15/h3-4,6,9-10,13-14,16H,1-2,5,7-8H2. The van der Waals surface area contributed by atoms with Gasteiger partial charge in [0, 0.05) is 29.0 Å². The molecular formula is C15H18N2S. The number of hydrogen-bond donors (Lipinski definition) is 1. The van der Waals surface area contributed by atoms with Gasteiger partial charge < -0.3 is 5.32 Å². The first-order valence-corrected chi connectivity index (χ1v) is 7.76. The zero-order valence-corrected chi connectivity index (χ0v) is 11.2. The first-order chi connectivity index (χ1) is 8.90. The van der Waals surface area contributed by atoms with E-state index in [9.17, 15) is 0 Å². The van der Waals surface area contributed by atoms with Gasteiger partial charge in [-0.15, -0.1) is 11.3 Å². The summed E-state index contributed by atoms with van der Waals surface area (Å²) in [5.74, 6) is 0. The van der Waals surface area contributed by atoms with Gasteiger partial charge in [-0.25, -0.2) is 0 Å². The number of hydrogen-bond acceptors (Lipinski definition) is 3. The molecule has 4 rings (SSSR count). The lowest BCUT2D eigenvalue weighted by atomic mass is 10.1. The highest BCUT2D eigenvalue weighted by Crippen LogP contribution is 2.31. The van der Waals surface area contributed by atoms with Crippen molar-refractivity contribution in [2.75, 3.05) is 18.4 Å². The minimum Gasteiger partial charge on any atom is -0.381 e. The molecule has 2 nitrogen and oxygen atoms in total. The molecule has 2 unspecified atom stereocenters. The van der Waals surface area contributed by atoms with Crippen LogP contribution in [0.1, 0.15) is 19.3 Å². The fourth-order valence-corrected chi connectivity index (χ4v) is 4.29. The molecule has 2 aliphatic heterocycles. The van der Waals surface area contributed by atoms with Gasteiger partial charge in [0.25, 0.3) is 0 Å². The van der Waals surface area contributed by atoms with E-state index in [0.717, 1.165) is 6.04 Å². The molecule has 0 radical (unpaired) electrons. The van der Waals surface area contributed by atoms with E-state index in [2.05, 4.69) is 39.9 Å². The normalized spacial score (nSPS) is 27.8. The number of benzene rings is 1. The quantitative estimate of drug-likeness (QED) is 0.886. The van der Waals surface area contributed by atoms with E-state index in [4.69, 9.17) is 0 Å². The summed E-state index contributed by atoms with van der Waals surface area (Å²) in [5.41, 5.74) is 1.29. The van der Waals surface area contributed by atoms with E-state index in [1.165, 1.54) is 48.1 Å². The van der Waals surface area contributed by atoms with Crippen molar-refractivity contribution in [3.63, 3.8) is 0 Å². The lowest BCUT2D eigenvalue weighted by Gasteiger charge is -2.22. The Hall–Kier alpha value is -1.06. The van der Waals surface area contributed by atoms with Crippen molar-refractivity contribution >= 4 is 27.1 Å². The summed E-state index contributed by atoms with van der Waals surface area (Å²) in [6.07, 6.45) is 4.05. The number of anilines is 1. The molecule has 1 aromatic carbocycles. The van der Waals surface area contributed by atoms with Crippen LogP contribution in [0.2, 0.25) is 0 Å². The van der Waals surface area contributed by atoms with Crippen molar-refractivity contribution in [3.8, 4) is 0 Å². The third kappa shape index (κ3) is 1.73. The van der Waals surface area contributed by atoms with Crippen LogP contribution in [0.3, 0.4) is 0 Å². The molecule has 2 aromatic rings. The SMILES string of the molecule is c1cc2cc(NC3CCN4CCCC34)ccc2s1. The first kappa shape index (κ1) is 10.8. The number of rotatable bonds is 2. The maximum Gasteiger partial charge on any atom is 0.0429 e. The van der Waals surface area contributed by atoms with Crippen LogP contribution in [0.15, 0.2) is 29.6 Å². The monoisotopic (exact) mass is 258 g/mol. The van der Waals surface area contributed by atoms with E-state index in [1.54, 1.807) is 0 Å². The van der Waals surface area contributed by atoms with E-state index in [-0.39, 0.29) is 0 Å². The van der Waals surface area contributed by atoms with Gasteiger partial charge in [-0.3, -0.25) is 4.90 Å². The molecule has 18 heavy (non-hydrogen) atoms. The number of nitrogens with zero attached hydrogens (tertiary/aromatic N) is 1. The summed E-state index contributed by atoms with van der Waals surface area (Å²) in [6.45, 7) is 2.59. The number of nitrogens with one attached hydrogen (secondary N) is 1. The molecular weight excluding hydrogens is 240 g/mol. The lowest BCUT2D eigenvalue weighted by Crippen LogP contribution is -2.33. The van der Waals surface area contributed by atoms with Crippen molar-refractivity contribution in [2.24, 2.45) is 0 Å². The van der Waals surface area contributed by atoms with Crippen LogP contribution in [0.25, 0.3) is 10.1 Å². The molecule has 3 heteroatoms. The molecule has 0 spiro atoms. The van der Waals surface area contributed by atoms with Crippen molar-refractivity contribution in [3.05, 3.63) is 29.6 Å². The summed E-state index contributed by atoms with van der Waals surface area (Å²) in [6, 6.07) is 10.4. The van der Waals surface area contributed by atoms with Crippen LogP contribution in [0, 0.1) is 0 Å². The summed E-state index contributed by atoms with van der Waals surface area (Å²) >= 11 is 1.82. The Morgan fingerprint density at radius 2 is 2.17 bits per heavy atom. The first-order valence-electron chi connectivity index (χ1n) is 6.88. The molecule has 0 saturated carbocycles. The van der Waals surface area contributed by atoms with E-state index >= 15 is 0 Å². The fraction of sp³-hybridized carbons (Fsp3) is 0.467. The minimum absolute atomic E-state index is 0.656. The zero-order valence-electron chi connectivity index (χ0n) is 10.4. The van der Waals surface area contributed by atoms with Crippen molar-refractivity contribution in [1.29, 1.82) is 0 Å². The predicted octanol–water partition coefficient (Wildman–Crippen LogP) is 3.55. The molecule has 94 valence electrons. The Bertz CT molecular complexity index is 562. The minimum atomic E-state index is 0.656. The van der Waals surface area contributed by atoms with E-state index in [0.29, 0.717) is 6.04 Å². The van der Waals surface area contributed by atoms with Gasteiger partial charge in [-0.2, -0.15) is 0 Å². The fourth-order valence-electron chi connectivity index (χ4n) is 3.52. The number of thiophene rings is 1. The predicted molar refractivity (Wildman–Crippen MR) is 78.4 cm³/mol. The van der Waals surface area contributed by atoms with Crippen LogP contribution in [-0.2, 0) is 0 Å². The Morgan fingerprint density at radius 3 is 3.17 bits per heavy atom. The molecule has 2 aliphatic rings. The molecule has 0 amide bonds. The van der Waals surface area contributed by atoms with Gasteiger partial charge in [-0.05, 0) is 60.8 Å². The molecule has 1 aromatic heterocycles. The van der Waals surface area contributed by atoms with Crippen LogP contribution >= 0.6 is 11.3 Å². The maximum atomic E-state index is 3.76. The van der Waals surface area contributed by atoms with Gasteiger partial charge >= 0.3 is 0 Å². The lowest BCUT2D eigenvalue weighted by molar-refractivity contribution is 0.318. The average Bonchev–Trinajstić information content (AvgIpc) is 3.06. The smallest absolute Gasteiger partial charge is 0.0429 e. The maximum absolute atomic E-state index is 3.76. The second kappa shape index (κ2) is 4.25. The third-order valence-electron chi connectivity index (χ3n) is 4.41. The Labute approximate surface area is 112 Å². The molecule has 2 atom stereocenters. The van der Waals surface area contributed by atoms with Crippen molar-refractivity contribution in [1.82, 2.24) is 4.90 Å². The van der Waals surface area contributed by atoms with Gasteiger partial charge in [0.05, 0.1) is 0 Å². The Balaban J connectivity index is 1.56. The highest BCUT2D eigenvalue weighted by molar-refractivity contribution is 7.17. The summed E-state index contributed by atoms with van der Waals surface area (Å²) in [5, 5.41) is 7.29. The third-order valence-corrected chi connectivity index (χ3v) is 5.31. The topological polar surface area (TPSA) is 15.3 Å². The van der Waals surface area contributed by atoms with Crippen LogP contribution < -0.4 is 5.32 Å². The summed E-state index contributed by atoms with van der Waals surface area (Å²) in [4.78, 5) is 2.65. The van der Waals surface area contributed by atoms with E-state index in [1.807, 2.05) is 11.3 Å². The van der Waals surface area contributed by atoms with Crippen LogP contribution in [0.4, 0.5) is 5.69 Å². The van der Waals surface area contributed by atoms with Crippen LogP contribution in [0.5, 0.6) is 0 Å². The van der Waals surface area contributed by atoms with Crippen LogP contribution in [-0.4, -0.2) is 30.1 Å². The second-order valence-corrected chi connectivity index (χ2v) is 6.41. The summed E-state index contributed by atoms with van der Waals surface area (Å²) < 4.78 is 1.38. The Kier molecular flexibility index (Phi) is 2.55. The highest BCUT2D eigenvalue weighted by atomic mass is 32.1. The van der Waals surface area contributed by atoms with Gasteiger partial charge in [0.1, 0.15) is 0 Å². The molecule has 2 saturated heterocycles. The van der Waals surface area contributed by atoms with Crippen molar-refractivity contribution in [2.45, 2.75) is 31.3 Å². The van der Waals surface area contributed by atoms with Gasteiger partial charge in [0.2, 0.25) is 0 Å². The molecule has 3 heterocycles. The summed E-state index contributed by atoms with van der Waals surface area (Å²) in [7, 11) is 0. The van der Waals surface area contributed by atoms with E-state index < -0.39 is 0 Å². The van der Waals surface area contributed by atoms with Gasteiger partial charge in [-0.1, -0.05) is 0 Å². The van der Waals surface area contributed by atoms with Gasteiger partial charge in [0.15, 0.2) is 0 Å². The number of fused-ring (bicyclic) bond motifs is 2. The van der Waals surface area contributed by atoms with Crippen molar-refractivity contribution < 1.29 is 0 Å².